The zero-order chi connectivity index (χ0) is 11.4. The number of fused-ring (bicyclic) bond motifs is 1. The Morgan fingerprint density at radius 1 is 1.44 bits per heavy atom. The van der Waals surface area contributed by atoms with E-state index in [-0.39, 0.29) is 12.8 Å². The molecule has 0 aliphatic carbocycles. The fraction of sp³-hybridized carbons (Fsp3) is 0.182. The van der Waals surface area contributed by atoms with Gasteiger partial charge in [-0.25, -0.2) is 4.79 Å². The number of hydrogen-bond donors (Lipinski definition) is 2. The molecule has 1 aromatic carbocycles. The quantitative estimate of drug-likeness (QED) is 0.808. The van der Waals surface area contributed by atoms with Crippen LogP contribution < -0.4 is 20.1 Å². The number of rotatable bonds is 3. The van der Waals surface area contributed by atoms with Gasteiger partial charge in [0.05, 0.1) is 0 Å². The minimum absolute atomic E-state index is 0.253. The minimum atomic E-state index is -0.285. The van der Waals surface area contributed by atoms with Crippen LogP contribution in [-0.2, 0) is 6.54 Å². The molecule has 1 aliphatic heterocycles. The first-order valence-electron chi connectivity index (χ1n) is 4.83. The molecule has 84 valence electrons. The van der Waals surface area contributed by atoms with Gasteiger partial charge < -0.3 is 20.1 Å². The predicted molar refractivity (Wildman–Crippen MR) is 58.1 cm³/mol. The third-order valence-corrected chi connectivity index (χ3v) is 2.12. The van der Waals surface area contributed by atoms with Crippen LogP contribution in [0.2, 0.25) is 0 Å². The summed E-state index contributed by atoms with van der Waals surface area (Å²) in [5.41, 5.74) is 0.948. The zero-order valence-corrected chi connectivity index (χ0v) is 8.66. The highest BCUT2D eigenvalue weighted by atomic mass is 16.7. The number of amides is 2. The molecule has 0 saturated carbocycles. The van der Waals surface area contributed by atoms with Crippen LogP contribution >= 0.6 is 0 Å². The van der Waals surface area contributed by atoms with Gasteiger partial charge in [0.2, 0.25) is 6.79 Å². The van der Waals surface area contributed by atoms with Gasteiger partial charge in [0.25, 0.3) is 0 Å². The maximum Gasteiger partial charge on any atom is 0.319 e. The summed E-state index contributed by atoms with van der Waals surface area (Å²) in [4.78, 5) is 11.1. The molecule has 1 aliphatic rings. The zero-order valence-electron chi connectivity index (χ0n) is 8.66. The number of hydrogen-bond acceptors (Lipinski definition) is 3. The maximum absolute atomic E-state index is 11.1. The van der Waals surface area contributed by atoms with Gasteiger partial charge in [-0.3, -0.25) is 0 Å². The molecule has 0 saturated heterocycles. The van der Waals surface area contributed by atoms with Gasteiger partial charge in [-0.15, -0.1) is 0 Å². The molecule has 5 heteroatoms. The van der Waals surface area contributed by atoms with Crippen molar-refractivity contribution in [1.82, 2.24) is 10.6 Å². The summed E-state index contributed by atoms with van der Waals surface area (Å²) in [5, 5.41) is 5.10. The van der Waals surface area contributed by atoms with E-state index in [1.165, 1.54) is 6.20 Å². The van der Waals surface area contributed by atoms with Crippen molar-refractivity contribution in [3.05, 3.63) is 36.5 Å². The predicted octanol–water partition coefficient (Wildman–Crippen LogP) is 1.36. The minimum Gasteiger partial charge on any atom is -0.454 e. The summed E-state index contributed by atoms with van der Waals surface area (Å²) in [7, 11) is 0. The van der Waals surface area contributed by atoms with Crippen LogP contribution in [0, 0.1) is 0 Å². The Morgan fingerprint density at radius 3 is 3.06 bits per heavy atom. The van der Waals surface area contributed by atoms with Crippen LogP contribution in [0.4, 0.5) is 4.79 Å². The third kappa shape index (κ3) is 2.25. The number of carbonyl (C=O) groups is 1. The number of carbonyl (C=O) groups excluding carboxylic acids is 1. The van der Waals surface area contributed by atoms with Crippen molar-refractivity contribution >= 4 is 6.03 Å². The molecule has 0 atom stereocenters. The lowest BCUT2D eigenvalue weighted by molar-refractivity contribution is 0.174. The van der Waals surface area contributed by atoms with Crippen molar-refractivity contribution < 1.29 is 14.3 Å². The largest absolute Gasteiger partial charge is 0.454 e. The second-order valence-electron chi connectivity index (χ2n) is 3.22. The topological polar surface area (TPSA) is 59.6 Å². The molecule has 16 heavy (non-hydrogen) atoms. The molecule has 0 aromatic heterocycles. The van der Waals surface area contributed by atoms with Crippen LogP contribution in [0.15, 0.2) is 31.0 Å². The van der Waals surface area contributed by atoms with E-state index in [4.69, 9.17) is 9.47 Å². The summed E-state index contributed by atoms with van der Waals surface area (Å²) in [6.07, 6.45) is 1.33. The van der Waals surface area contributed by atoms with Crippen LogP contribution in [0.1, 0.15) is 5.56 Å². The molecule has 1 aromatic rings. The molecule has 0 unspecified atom stereocenters. The Morgan fingerprint density at radius 2 is 2.25 bits per heavy atom. The summed E-state index contributed by atoms with van der Waals surface area (Å²) in [6.45, 7) is 4.07. The summed E-state index contributed by atoms with van der Waals surface area (Å²) in [6, 6.07) is 5.26. The first-order chi connectivity index (χ1) is 7.79. The molecule has 2 amide bonds. The molecule has 2 N–H and O–H groups in total. The lowest BCUT2D eigenvalue weighted by Gasteiger charge is -2.05. The first kappa shape index (κ1) is 10.4. The summed E-state index contributed by atoms with van der Waals surface area (Å²) in [5.74, 6) is 1.45. The summed E-state index contributed by atoms with van der Waals surface area (Å²) >= 11 is 0. The Kier molecular flexibility index (Phi) is 2.95. The van der Waals surface area contributed by atoms with Crippen LogP contribution in [0.25, 0.3) is 0 Å². The monoisotopic (exact) mass is 220 g/mol. The highest BCUT2D eigenvalue weighted by Gasteiger charge is 2.13. The second-order valence-corrected chi connectivity index (χ2v) is 3.22. The Bertz CT molecular complexity index is 418. The fourth-order valence-corrected chi connectivity index (χ4v) is 1.38. The number of urea groups is 1. The molecule has 0 bridgehead atoms. The van der Waals surface area contributed by atoms with E-state index in [0.717, 1.165) is 11.3 Å². The van der Waals surface area contributed by atoms with E-state index in [0.29, 0.717) is 12.3 Å². The Hall–Kier alpha value is -2.17. The van der Waals surface area contributed by atoms with Crippen molar-refractivity contribution in [3.8, 4) is 11.5 Å². The fourth-order valence-electron chi connectivity index (χ4n) is 1.38. The third-order valence-electron chi connectivity index (χ3n) is 2.12. The highest BCUT2D eigenvalue weighted by molar-refractivity contribution is 5.74. The van der Waals surface area contributed by atoms with Crippen molar-refractivity contribution in [2.45, 2.75) is 6.54 Å². The van der Waals surface area contributed by atoms with E-state index >= 15 is 0 Å². The lowest BCUT2D eigenvalue weighted by Crippen LogP contribution is -2.31. The van der Waals surface area contributed by atoms with E-state index in [2.05, 4.69) is 17.2 Å². The van der Waals surface area contributed by atoms with Gasteiger partial charge >= 0.3 is 6.03 Å². The van der Waals surface area contributed by atoms with Gasteiger partial charge in [-0.05, 0) is 23.9 Å². The van der Waals surface area contributed by atoms with Crippen LogP contribution in [0.3, 0.4) is 0 Å². The summed E-state index contributed by atoms with van der Waals surface area (Å²) < 4.78 is 10.4. The van der Waals surface area contributed by atoms with Gasteiger partial charge in [-0.2, -0.15) is 0 Å². The average molecular weight is 220 g/mol. The standard InChI is InChI=1S/C11H12N2O3/c1-2-12-11(14)13-6-8-3-4-9-10(5-8)16-7-15-9/h2-5H,1,6-7H2,(H2,12,13,14). The number of ether oxygens (including phenoxy) is 2. The van der Waals surface area contributed by atoms with Crippen LogP contribution in [0.5, 0.6) is 11.5 Å². The molecule has 5 nitrogen and oxygen atoms in total. The van der Waals surface area contributed by atoms with E-state index in [9.17, 15) is 4.79 Å². The van der Waals surface area contributed by atoms with Gasteiger partial charge in [-0.1, -0.05) is 12.6 Å². The molecule has 0 fully saturated rings. The van der Waals surface area contributed by atoms with Gasteiger partial charge in [0.15, 0.2) is 11.5 Å². The van der Waals surface area contributed by atoms with E-state index in [1.54, 1.807) is 0 Å². The molecular weight excluding hydrogens is 208 g/mol. The molecule has 0 spiro atoms. The molecular formula is C11H12N2O3. The average Bonchev–Trinajstić information content (AvgIpc) is 2.74. The maximum atomic E-state index is 11.1. The Balaban J connectivity index is 1.95. The first-order valence-corrected chi connectivity index (χ1v) is 4.83. The highest BCUT2D eigenvalue weighted by Crippen LogP contribution is 2.32. The smallest absolute Gasteiger partial charge is 0.319 e. The van der Waals surface area contributed by atoms with Crippen molar-refractivity contribution in [2.24, 2.45) is 0 Å². The van der Waals surface area contributed by atoms with Crippen LogP contribution in [-0.4, -0.2) is 12.8 Å². The van der Waals surface area contributed by atoms with E-state index in [1.807, 2.05) is 18.2 Å². The molecule has 0 radical (unpaired) electrons. The molecule has 2 rings (SSSR count). The second kappa shape index (κ2) is 4.57. The molecule has 1 heterocycles. The number of benzene rings is 1. The van der Waals surface area contributed by atoms with Crippen molar-refractivity contribution in [3.63, 3.8) is 0 Å². The van der Waals surface area contributed by atoms with E-state index < -0.39 is 0 Å². The van der Waals surface area contributed by atoms with Gasteiger partial charge in [0, 0.05) is 6.54 Å². The number of nitrogens with one attached hydrogen (secondary N) is 2. The SMILES string of the molecule is C=CNC(=O)NCc1ccc2c(c1)OCO2. The normalized spacial score (nSPS) is 12.0. The van der Waals surface area contributed by atoms with Crippen molar-refractivity contribution in [2.75, 3.05) is 6.79 Å². The van der Waals surface area contributed by atoms with Crippen molar-refractivity contribution in [1.29, 1.82) is 0 Å². The lowest BCUT2D eigenvalue weighted by atomic mass is 10.2. The Labute approximate surface area is 93.0 Å². The van der Waals surface area contributed by atoms with Gasteiger partial charge in [0.1, 0.15) is 0 Å².